The molecule has 41 heavy (non-hydrogen) atoms. The molecule has 14 nitrogen and oxygen atoms in total. The number of fused-ring (bicyclic) bond motifs is 1. The van der Waals surface area contributed by atoms with Crippen LogP contribution < -0.4 is 20.1 Å². The van der Waals surface area contributed by atoms with Crippen LogP contribution in [0.25, 0.3) is 16.9 Å². The molecule has 0 spiro atoms. The summed E-state index contributed by atoms with van der Waals surface area (Å²) in [6.45, 7) is -0.494. The fourth-order valence-electron chi connectivity index (χ4n) is 4.31. The Hall–Kier alpha value is -5.06. The van der Waals surface area contributed by atoms with Crippen LogP contribution in [0.4, 0.5) is 18.9 Å². The molecule has 1 atom stereocenters. The van der Waals surface area contributed by atoms with Crippen LogP contribution in [0.1, 0.15) is 29.1 Å². The molecule has 5 heterocycles. The van der Waals surface area contributed by atoms with Gasteiger partial charge in [0.1, 0.15) is 29.3 Å². The second-order valence-electron chi connectivity index (χ2n) is 9.04. The molecule has 212 valence electrons. The van der Waals surface area contributed by atoms with E-state index in [0.717, 1.165) is 0 Å². The maximum atomic E-state index is 13.6. The van der Waals surface area contributed by atoms with Gasteiger partial charge in [-0.3, -0.25) is 9.48 Å². The van der Waals surface area contributed by atoms with Gasteiger partial charge in [-0.1, -0.05) is 0 Å². The fourth-order valence-corrected chi connectivity index (χ4v) is 4.31. The Morgan fingerprint density at radius 2 is 2.10 bits per heavy atom. The van der Waals surface area contributed by atoms with E-state index in [2.05, 4.69) is 41.3 Å². The molecule has 0 saturated carbocycles. The van der Waals surface area contributed by atoms with E-state index in [-0.39, 0.29) is 46.6 Å². The van der Waals surface area contributed by atoms with Crippen molar-refractivity contribution in [2.75, 3.05) is 18.4 Å². The highest BCUT2D eigenvalue weighted by atomic mass is 19.3. The summed E-state index contributed by atoms with van der Waals surface area (Å²) in [5, 5.41) is 26.5. The van der Waals surface area contributed by atoms with Crippen molar-refractivity contribution in [1.29, 1.82) is 0 Å². The Morgan fingerprint density at radius 1 is 1.24 bits per heavy atom. The van der Waals surface area contributed by atoms with Crippen molar-refractivity contribution < 1.29 is 27.4 Å². The van der Waals surface area contributed by atoms with Gasteiger partial charge in [-0.25, -0.2) is 18.6 Å². The first-order valence-electron chi connectivity index (χ1n) is 12.4. The summed E-state index contributed by atoms with van der Waals surface area (Å²) in [4.78, 5) is 17.6. The molecular formula is C24H22F3N11O3. The van der Waals surface area contributed by atoms with Crippen molar-refractivity contribution in [3.63, 3.8) is 0 Å². The normalized spacial score (nSPS) is 14.3. The lowest BCUT2D eigenvalue weighted by molar-refractivity contribution is -0.0495. The molecule has 1 unspecified atom stereocenters. The minimum atomic E-state index is -3.16. The lowest BCUT2D eigenvalue weighted by Crippen LogP contribution is -2.44. The highest BCUT2D eigenvalue weighted by molar-refractivity contribution is 6.09. The zero-order valence-corrected chi connectivity index (χ0v) is 21.4. The molecule has 1 amide bonds. The lowest BCUT2D eigenvalue weighted by atomic mass is 10.1. The smallest absolute Gasteiger partial charge is 0.387 e. The highest BCUT2D eigenvalue weighted by Gasteiger charge is 2.26. The van der Waals surface area contributed by atoms with Gasteiger partial charge in [0.25, 0.3) is 5.91 Å². The van der Waals surface area contributed by atoms with Gasteiger partial charge in [-0.2, -0.15) is 19.0 Å². The molecule has 0 radical (unpaired) electrons. The Labute approximate surface area is 229 Å². The second-order valence-corrected chi connectivity index (χ2v) is 9.04. The molecule has 6 rings (SSSR count). The maximum Gasteiger partial charge on any atom is 0.387 e. The third-order valence-corrected chi connectivity index (χ3v) is 6.22. The van der Waals surface area contributed by atoms with E-state index in [9.17, 15) is 18.0 Å². The zero-order chi connectivity index (χ0) is 28.5. The number of carbonyl (C=O) groups is 1. The number of amides is 1. The molecular weight excluding hydrogens is 547 g/mol. The average molecular weight is 570 g/mol. The summed E-state index contributed by atoms with van der Waals surface area (Å²) in [6, 6.07) is 5.53. The van der Waals surface area contributed by atoms with E-state index in [1.165, 1.54) is 52.9 Å². The average Bonchev–Trinajstić information content (AvgIpc) is 3.63. The summed E-state index contributed by atoms with van der Waals surface area (Å²) < 4.78 is 54.7. The number of rotatable bonds is 10. The monoisotopic (exact) mass is 569 g/mol. The molecule has 2 N–H and O–H groups in total. The number of ether oxygens (including phenoxy) is 2. The summed E-state index contributed by atoms with van der Waals surface area (Å²) >= 11 is 0. The van der Waals surface area contributed by atoms with Crippen LogP contribution in [0, 0.1) is 0 Å². The first-order valence-corrected chi connectivity index (χ1v) is 12.4. The van der Waals surface area contributed by atoms with Gasteiger partial charge in [-0.05, 0) is 34.7 Å². The molecule has 0 aliphatic carbocycles. The van der Waals surface area contributed by atoms with Gasteiger partial charge in [0.05, 0.1) is 23.5 Å². The van der Waals surface area contributed by atoms with E-state index in [0.29, 0.717) is 24.6 Å². The number of anilines is 1. The maximum absolute atomic E-state index is 13.6. The number of hydrogen-bond donors (Lipinski definition) is 2. The summed E-state index contributed by atoms with van der Waals surface area (Å²) in [5.41, 5.74) is 0.691. The summed E-state index contributed by atoms with van der Waals surface area (Å²) in [6.07, 6.45) is 4.33. The number of carbonyl (C=O) groups excluding carboxylic acids is 1. The SMILES string of the molecule is CC(F)Oc1ccc(OC(F)F)c(-c2nn(Cc3nnnn3C3CNC3)cc2NC(=O)c2cnn3cccnc23)c1. The van der Waals surface area contributed by atoms with Crippen molar-refractivity contribution in [2.45, 2.75) is 32.5 Å². The number of benzene rings is 1. The molecule has 1 aromatic carbocycles. The first-order chi connectivity index (χ1) is 19.9. The highest BCUT2D eigenvalue weighted by Crippen LogP contribution is 2.38. The first kappa shape index (κ1) is 26.2. The number of alkyl halides is 3. The largest absolute Gasteiger partial charge is 0.461 e. The standard InChI is InChI=1S/C24H22F3N11O3/c1-13(25)40-15-3-4-19(41-24(26)27)16(7-15)21-18(31-23(39)17-10-30-37-6-2-5-29-22(17)37)11-36(33-21)12-20-32-34-35-38(20)14-8-28-9-14/h2-7,10-11,13-14,24,28H,8-9,12H2,1H3,(H,31,39). The van der Waals surface area contributed by atoms with Crippen LogP contribution in [0.3, 0.4) is 0 Å². The number of tetrazole rings is 1. The topological polar surface area (TPSA) is 151 Å². The van der Waals surface area contributed by atoms with E-state index in [4.69, 9.17) is 9.47 Å². The Balaban J connectivity index is 1.41. The molecule has 1 aliphatic rings. The lowest BCUT2D eigenvalue weighted by Gasteiger charge is -2.27. The Morgan fingerprint density at radius 3 is 2.85 bits per heavy atom. The Kier molecular flexibility index (Phi) is 6.92. The van der Waals surface area contributed by atoms with Gasteiger partial charge in [0, 0.05) is 38.6 Å². The van der Waals surface area contributed by atoms with Crippen molar-refractivity contribution >= 4 is 17.2 Å². The predicted octanol–water partition coefficient (Wildman–Crippen LogP) is 2.32. The van der Waals surface area contributed by atoms with Crippen molar-refractivity contribution in [3.05, 3.63) is 60.4 Å². The van der Waals surface area contributed by atoms with Gasteiger partial charge in [0.15, 0.2) is 11.5 Å². The van der Waals surface area contributed by atoms with Crippen LogP contribution in [-0.2, 0) is 6.54 Å². The van der Waals surface area contributed by atoms with Crippen LogP contribution >= 0.6 is 0 Å². The van der Waals surface area contributed by atoms with Crippen molar-refractivity contribution in [2.24, 2.45) is 0 Å². The Bertz CT molecular complexity index is 1700. The summed E-state index contributed by atoms with van der Waals surface area (Å²) in [5.74, 6) is -0.312. The number of hydrogen-bond acceptors (Lipinski definition) is 10. The van der Waals surface area contributed by atoms with Gasteiger partial charge in [0.2, 0.25) is 6.36 Å². The van der Waals surface area contributed by atoms with E-state index in [1.54, 1.807) is 16.9 Å². The van der Waals surface area contributed by atoms with Gasteiger partial charge < -0.3 is 20.1 Å². The number of aromatic nitrogens is 9. The fraction of sp³-hybridized carbons (Fsp3) is 0.292. The number of halogens is 3. The second kappa shape index (κ2) is 10.8. The molecule has 1 fully saturated rings. The molecule has 17 heteroatoms. The van der Waals surface area contributed by atoms with Gasteiger partial charge in [-0.15, -0.1) is 5.10 Å². The molecule has 0 bridgehead atoms. The van der Waals surface area contributed by atoms with Crippen LogP contribution in [0.15, 0.2) is 49.1 Å². The quantitative estimate of drug-likeness (QED) is 0.256. The van der Waals surface area contributed by atoms with E-state index in [1.807, 2.05) is 0 Å². The predicted molar refractivity (Wildman–Crippen MR) is 135 cm³/mol. The van der Waals surface area contributed by atoms with E-state index >= 15 is 0 Å². The number of nitrogens with one attached hydrogen (secondary N) is 2. The molecule has 4 aromatic heterocycles. The molecule has 1 aliphatic heterocycles. The van der Waals surface area contributed by atoms with Crippen molar-refractivity contribution in [1.82, 2.24) is 49.9 Å². The third-order valence-electron chi connectivity index (χ3n) is 6.22. The van der Waals surface area contributed by atoms with E-state index < -0.39 is 18.9 Å². The number of nitrogens with zero attached hydrogens (tertiary/aromatic N) is 9. The van der Waals surface area contributed by atoms with Gasteiger partial charge >= 0.3 is 6.61 Å². The van der Waals surface area contributed by atoms with Crippen LogP contribution in [0.2, 0.25) is 0 Å². The minimum absolute atomic E-state index is 0.0262. The third kappa shape index (κ3) is 5.38. The van der Waals surface area contributed by atoms with Crippen molar-refractivity contribution in [3.8, 4) is 22.8 Å². The van der Waals surface area contributed by atoms with Crippen LogP contribution in [0.5, 0.6) is 11.5 Å². The summed E-state index contributed by atoms with van der Waals surface area (Å²) in [7, 11) is 0. The minimum Gasteiger partial charge on any atom is -0.461 e. The zero-order valence-electron chi connectivity index (χ0n) is 21.4. The molecule has 1 saturated heterocycles. The molecule has 5 aromatic rings. The van der Waals surface area contributed by atoms with Crippen LogP contribution in [-0.4, -0.2) is 76.6 Å².